The summed E-state index contributed by atoms with van der Waals surface area (Å²) in [6.45, 7) is 1.97. The lowest BCUT2D eigenvalue weighted by Gasteiger charge is -2.09. The Morgan fingerprint density at radius 1 is 1.08 bits per heavy atom. The van der Waals surface area contributed by atoms with E-state index in [4.69, 9.17) is 0 Å². The third kappa shape index (κ3) is 4.43. The largest absolute Gasteiger partial charge is 0.288 e. The number of nitrogens with zero attached hydrogens (tertiary/aromatic N) is 1. The molecule has 7 heteroatoms. The number of hydrogen-bond acceptors (Lipinski definition) is 5. The average Bonchev–Trinajstić information content (AvgIpc) is 2.65. The first-order valence-electron chi connectivity index (χ1n) is 8.17. The number of carbonyl (C=O) groups excluding carboxylic acids is 1. The molecule has 0 atom stereocenters. The fourth-order valence-electron chi connectivity index (χ4n) is 2.37. The third-order valence-electron chi connectivity index (χ3n) is 3.79. The molecule has 0 heterocycles. The Morgan fingerprint density at radius 2 is 1.69 bits per heavy atom. The van der Waals surface area contributed by atoms with Crippen LogP contribution in [0.15, 0.2) is 70.5 Å². The van der Waals surface area contributed by atoms with Gasteiger partial charge in [-0.15, -0.1) is 0 Å². The van der Waals surface area contributed by atoms with Gasteiger partial charge < -0.3 is 0 Å². The molecule has 2 aromatic carbocycles. The Labute approximate surface area is 152 Å². The van der Waals surface area contributed by atoms with E-state index in [-0.39, 0.29) is 21.1 Å². The molecule has 0 unspecified atom stereocenters. The minimum Gasteiger partial charge on any atom is -0.288 e. The van der Waals surface area contributed by atoms with E-state index in [9.17, 15) is 23.3 Å². The Balaban J connectivity index is 2.46. The summed E-state index contributed by atoms with van der Waals surface area (Å²) in [6, 6.07) is 12.7. The molecule has 0 radical (unpaired) electrons. The zero-order chi connectivity index (χ0) is 19.2. The molecule has 2 rings (SSSR count). The number of allylic oxidation sites excluding steroid dienone is 2. The number of hydrogen-bond donors (Lipinski definition) is 0. The smallest absolute Gasteiger partial charge is 0.269 e. The second-order valence-corrected chi connectivity index (χ2v) is 7.58. The normalized spacial score (nSPS) is 12.0. The van der Waals surface area contributed by atoms with Gasteiger partial charge >= 0.3 is 0 Å². The van der Waals surface area contributed by atoms with Crippen molar-refractivity contribution in [2.45, 2.75) is 31.1 Å². The van der Waals surface area contributed by atoms with Crippen LogP contribution in [0.5, 0.6) is 0 Å². The topological polar surface area (TPSA) is 94.3 Å². The molecule has 0 fully saturated rings. The van der Waals surface area contributed by atoms with E-state index in [0.29, 0.717) is 6.42 Å². The van der Waals surface area contributed by atoms with E-state index < -0.39 is 20.5 Å². The molecule has 0 saturated heterocycles. The summed E-state index contributed by atoms with van der Waals surface area (Å²) >= 11 is 0. The third-order valence-corrected chi connectivity index (χ3v) is 5.62. The van der Waals surface area contributed by atoms with Crippen LogP contribution in [0.4, 0.5) is 5.69 Å². The highest BCUT2D eigenvalue weighted by Crippen LogP contribution is 2.24. The highest BCUT2D eigenvalue weighted by atomic mass is 32.2. The van der Waals surface area contributed by atoms with E-state index >= 15 is 0 Å². The van der Waals surface area contributed by atoms with Crippen LogP contribution in [0.3, 0.4) is 0 Å². The van der Waals surface area contributed by atoms with Crippen LogP contribution in [0.2, 0.25) is 0 Å². The van der Waals surface area contributed by atoms with Crippen LogP contribution in [-0.2, 0) is 9.84 Å². The maximum atomic E-state index is 12.9. The first-order valence-corrected chi connectivity index (χ1v) is 9.65. The fraction of sp³-hybridized carbons (Fsp3) is 0.211. The minimum absolute atomic E-state index is 0.0398. The van der Waals surface area contributed by atoms with Crippen LogP contribution in [0.1, 0.15) is 36.5 Å². The fourth-order valence-corrected chi connectivity index (χ4v) is 3.83. The summed E-state index contributed by atoms with van der Waals surface area (Å²) in [5.41, 5.74) is -0.0677. The minimum atomic E-state index is -3.98. The highest BCUT2D eigenvalue weighted by molar-refractivity contribution is 7.96. The van der Waals surface area contributed by atoms with Crippen LogP contribution in [-0.4, -0.2) is 19.1 Å². The molecular formula is C19H19NO5S. The number of sulfone groups is 1. The van der Waals surface area contributed by atoms with Gasteiger partial charge in [0.15, 0.2) is 0 Å². The monoisotopic (exact) mass is 373 g/mol. The molecule has 2 aromatic rings. The van der Waals surface area contributed by atoms with Crippen molar-refractivity contribution in [1.29, 1.82) is 0 Å². The lowest BCUT2D eigenvalue weighted by atomic mass is 10.1. The second-order valence-electron chi connectivity index (χ2n) is 5.66. The van der Waals surface area contributed by atoms with Crippen molar-refractivity contribution in [1.82, 2.24) is 0 Å². The number of rotatable bonds is 8. The second kappa shape index (κ2) is 8.53. The maximum Gasteiger partial charge on any atom is 0.269 e. The molecule has 0 saturated carbocycles. The van der Waals surface area contributed by atoms with E-state index in [2.05, 4.69) is 0 Å². The Kier molecular flexibility index (Phi) is 6.41. The standard InChI is InChI=1S/C19H19NO5S/c1-2-3-5-10-18(26(24,25)17-8-6-4-7-9-17)19(21)15-11-13-16(14-12-15)20(22)23/h4,6-14H,2-3,5H2,1H3/b18-10-. The highest BCUT2D eigenvalue weighted by Gasteiger charge is 2.27. The molecule has 0 amide bonds. The molecule has 0 N–H and O–H groups in total. The number of unbranched alkanes of at least 4 members (excludes halogenated alkanes) is 2. The summed E-state index contributed by atoms with van der Waals surface area (Å²) in [7, 11) is -3.98. The summed E-state index contributed by atoms with van der Waals surface area (Å²) in [5.74, 6) is -0.667. The van der Waals surface area contributed by atoms with Crippen molar-refractivity contribution in [2.75, 3.05) is 0 Å². The number of nitro benzene ring substituents is 1. The van der Waals surface area contributed by atoms with Gasteiger partial charge in [0, 0.05) is 17.7 Å². The van der Waals surface area contributed by atoms with Crippen molar-refractivity contribution < 1.29 is 18.1 Å². The average molecular weight is 373 g/mol. The number of benzene rings is 2. The zero-order valence-electron chi connectivity index (χ0n) is 14.3. The predicted molar refractivity (Wildman–Crippen MR) is 98.7 cm³/mol. The van der Waals surface area contributed by atoms with Gasteiger partial charge in [-0.3, -0.25) is 14.9 Å². The number of nitro groups is 1. The van der Waals surface area contributed by atoms with Gasteiger partial charge in [-0.25, -0.2) is 8.42 Å². The van der Waals surface area contributed by atoms with Crippen LogP contribution in [0.25, 0.3) is 0 Å². The molecule has 0 bridgehead atoms. The first-order chi connectivity index (χ1) is 12.4. The maximum absolute atomic E-state index is 12.9. The quantitative estimate of drug-likeness (QED) is 0.226. The molecule has 0 spiro atoms. The van der Waals surface area contributed by atoms with Crippen molar-refractivity contribution in [2.24, 2.45) is 0 Å². The van der Waals surface area contributed by atoms with Crippen LogP contribution in [0, 0.1) is 10.1 Å². The van der Waals surface area contributed by atoms with Crippen molar-refractivity contribution >= 4 is 21.3 Å². The molecule has 0 aliphatic rings. The Bertz CT molecular complexity index is 916. The summed E-state index contributed by atoms with van der Waals surface area (Å²) in [6.07, 6.45) is 3.51. The lowest BCUT2D eigenvalue weighted by molar-refractivity contribution is -0.384. The van der Waals surface area contributed by atoms with Gasteiger partial charge in [0.1, 0.15) is 4.91 Å². The predicted octanol–water partition coefficient (Wildman–Crippen LogP) is 4.33. The van der Waals surface area contributed by atoms with E-state index in [0.717, 1.165) is 12.8 Å². The van der Waals surface area contributed by atoms with Crippen LogP contribution >= 0.6 is 0 Å². The molecule has 0 aromatic heterocycles. The summed E-state index contributed by atoms with van der Waals surface area (Å²) in [4.78, 5) is 22.7. The SMILES string of the molecule is CCCC/C=C(/C(=O)c1ccc([N+](=O)[O-])cc1)S(=O)(=O)c1ccccc1. The Hall–Kier alpha value is -2.80. The molecule has 26 heavy (non-hydrogen) atoms. The van der Waals surface area contributed by atoms with Gasteiger partial charge in [-0.05, 0) is 30.7 Å². The summed E-state index contributed by atoms with van der Waals surface area (Å²) < 4.78 is 25.8. The number of ketones is 1. The molecule has 6 nitrogen and oxygen atoms in total. The van der Waals surface area contributed by atoms with Gasteiger partial charge in [-0.2, -0.15) is 0 Å². The number of Topliss-reactive ketones (excluding diaryl/α,β-unsaturated/α-hetero) is 1. The molecule has 136 valence electrons. The van der Waals surface area contributed by atoms with Gasteiger partial charge in [0.2, 0.25) is 15.6 Å². The van der Waals surface area contributed by atoms with Crippen molar-refractivity contribution in [3.63, 3.8) is 0 Å². The van der Waals surface area contributed by atoms with E-state index in [1.165, 1.54) is 42.5 Å². The van der Waals surface area contributed by atoms with E-state index in [1.54, 1.807) is 18.2 Å². The number of carbonyl (C=O) groups is 1. The van der Waals surface area contributed by atoms with Crippen molar-refractivity contribution in [3.8, 4) is 0 Å². The lowest BCUT2D eigenvalue weighted by Crippen LogP contribution is -2.14. The Morgan fingerprint density at radius 3 is 2.23 bits per heavy atom. The molecular weight excluding hydrogens is 354 g/mol. The molecule has 0 aliphatic carbocycles. The first kappa shape index (κ1) is 19.5. The number of non-ortho nitro benzene ring substituents is 1. The summed E-state index contributed by atoms with van der Waals surface area (Å²) in [5, 5.41) is 10.7. The zero-order valence-corrected chi connectivity index (χ0v) is 15.1. The van der Waals surface area contributed by atoms with Gasteiger partial charge in [-0.1, -0.05) is 44.0 Å². The van der Waals surface area contributed by atoms with Gasteiger partial charge in [0.05, 0.1) is 9.82 Å². The molecule has 0 aliphatic heterocycles. The van der Waals surface area contributed by atoms with Crippen LogP contribution < -0.4 is 0 Å². The van der Waals surface area contributed by atoms with Gasteiger partial charge in [0.25, 0.3) is 5.69 Å². The van der Waals surface area contributed by atoms with Crippen molar-refractivity contribution in [3.05, 3.63) is 81.3 Å². The van der Waals surface area contributed by atoms with E-state index in [1.807, 2.05) is 6.92 Å².